The van der Waals surface area contributed by atoms with Crippen LogP contribution in [-0.4, -0.2) is 4.98 Å². The van der Waals surface area contributed by atoms with Crippen molar-refractivity contribution in [2.45, 2.75) is 12.3 Å². The van der Waals surface area contributed by atoms with Gasteiger partial charge in [0.2, 0.25) is 5.88 Å². The van der Waals surface area contributed by atoms with Crippen molar-refractivity contribution in [1.82, 2.24) is 4.98 Å². The van der Waals surface area contributed by atoms with Crippen molar-refractivity contribution in [2.24, 2.45) is 0 Å². The van der Waals surface area contributed by atoms with Gasteiger partial charge in [0.05, 0.1) is 0 Å². The Morgan fingerprint density at radius 1 is 1.29 bits per heavy atom. The number of rotatable bonds is 3. The van der Waals surface area contributed by atoms with Crippen molar-refractivity contribution in [1.29, 1.82) is 0 Å². The van der Waals surface area contributed by atoms with Crippen LogP contribution in [0.3, 0.4) is 0 Å². The summed E-state index contributed by atoms with van der Waals surface area (Å²) in [5.74, 6) is 1.43. The first kappa shape index (κ1) is 12.6. The number of aromatic nitrogens is 1. The van der Waals surface area contributed by atoms with Crippen LogP contribution in [0.5, 0.6) is 11.6 Å². The van der Waals surface area contributed by atoms with E-state index in [1.165, 1.54) is 0 Å². The molecule has 0 aliphatic rings. The van der Waals surface area contributed by atoms with Crippen LogP contribution in [0, 0.1) is 6.92 Å². The van der Waals surface area contributed by atoms with E-state index in [-0.39, 0.29) is 0 Å². The van der Waals surface area contributed by atoms with E-state index in [9.17, 15) is 0 Å². The molecular weight excluding hydrogens is 346 g/mol. The summed E-state index contributed by atoms with van der Waals surface area (Å²) in [6, 6.07) is 9.78. The molecule has 0 aliphatic carbocycles. The van der Waals surface area contributed by atoms with E-state index >= 15 is 0 Å². The molecule has 0 amide bonds. The van der Waals surface area contributed by atoms with Gasteiger partial charge in [-0.15, -0.1) is 0 Å². The number of hydrogen-bond donors (Lipinski definition) is 0. The van der Waals surface area contributed by atoms with E-state index in [1.54, 1.807) is 0 Å². The molecule has 2 aromatic rings. The average Bonchev–Trinajstić information content (AvgIpc) is 2.32. The highest BCUT2D eigenvalue weighted by molar-refractivity contribution is 9.10. The topological polar surface area (TPSA) is 22.1 Å². The fourth-order valence-corrected chi connectivity index (χ4v) is 2.13. The zero-order valence-electron chi connectivity index (χ0n) is 9.28. The van der Waals surface area contributed by atoms with E-state index in [0.29, 0.717) is 5.88 Å². The maximum atomic E-state index is 5.73. The van der Waals surface area contributed by atoms with E-state index in [1.807, 2.05) is 37.4 Å². The Morgan fingerprint density at radius 3 is 2.76 bits per heavy atom. The maximum absolute atomic E-state index is 5.73. The molecule has 1 heterocycles. The summed E-state index contributed by atoms with van der Waals surface area (Å²) >= 11 is 6.82. The van der Waals surface area contributed by atoms with Crippen molar-refractivity contribution in [2.75, 3.05) is 0 Å². The van der Waals surface area contributed by atoms with Crippen LogP contribution < -0.4 is 4.74 Å². The Labute approximate surface area is 117 Å². The standard InChI is InChI=1S/C13H11Br2NO/c1-9-5-10(7-14)8-16-13(9)17-12-4-2-3-11(15)6-12/h2-6,8H,7H2,1H3. The van der Waals surface area contributed by atoms with Crippen molar-refractivity contribution in [3.8, 4) is 11.6 Å². The number of pyridine rings is 1. The average molecular weight is 357 g/mol. The molecule has 1 aromatic heterocycles. The van der Waals surface area contributed by atoms with Crippen LogP contribution in [0.4, 0.5) is 0 Å². The zero-order valence-corrected chi connectivity index (χ0v) is 12.5. The first-order chi connectivity index (χ1) is 8.19. The van der Waals surface area contributed by atoms with E-state index in [2.05, 4.69) is 42.9 Å². The van der Waals surface area contributed by atoms with Crippen LogP contribution in [-0.2, 0) is 5.33 Å². The third-order valence-electron chi connectivity index (χ3n) is 2.25. The summed E-state index contributed by atoms with van der Waals surface area (Å²) in [6.07, 6.45) is 1.81. The minimum absolute atomic E-state index is 0.646. The molecule has 0 aliphatic heterocycles. The normalized spacial score (nSPS) is 10.3. The Balaban J connectivity index is 2.24. The van der Waals surface area contributed by atoms with Gasteiger partial charge < -0.3 is 4.74 Å². The maximum Gasteiger partial charge on any atom is 0.222 e. The smallest absolute Gasteiger partial charge is 0.222 e. The zero-order chi connectivity index (χ0) is 12.3. The highest BCUT2D eigenvalue weighted by Crippen LogP contribution is 2.25. The van der Waals surface area contributed by atoms with E-state index in [0.717, 1.165) is 26.7 Å². The van der Waals surface area contributed by atoms with Gasteiger partial charge in [-0.1, -0.05) is 37.9 Å². The van der Waals surface area contributed by atoms with Gasteiger partial charge in [-0.2, -0.15) is 0 Å². The Hall–Kier alpha value is -0.870. The summed E-state index contributed by atoms with van der Waals surface area (Å²) < 4.78 is 6.72. The summed E-state index contributed by atoms with van der Waals surface area (Å²) in [6.45, 7) is 1.99. The first-order valence-electron chi connectivity index (χ1n) is 5.14. The Morgan fingerprint density at radius 2 is 2.12 bits per heavy atom. The minimum atomic E-state index is 0.646. The molecule has 88 valence electrons. The second kappa shape index (κ2) is 5.65. The fourth-order valence-electron chi connectivity index (χ4n) is 1.44. The van der Waals surface area contributed by atoms with Gasteiger partial charge in [0.1, 0.15) is 5.75 Å². The lowest BCUT2D eigenvalue weighted by molar-refractivity contribution is 0.458. The Bertz CT molecular complexity index is 529. The summed E-state index contributed by atoms with van der Waals surface area (Å²) in [5.41, 5.74) is 2.17. The van der Waals surface area contributed by atoms with Crippen molar-refractivity contribution in [3.05, 3.63) is 52.1 Å². The van der Waals surface area contributed by atoms with Crippen molar-refractivity contribution >= 4 is 31.9 Å². The SMILES string of the molecule is Cc1cc(CBr)cnc1Oc1cccc(Br)c1. The highest BCUT2D eigenvalue weighted by Gasteiger charge is 2.04. The second-order valence-electron chi connectivity index (χ2n) is 3.66. The summed E-state index contributed by atoms with van der Waals surface area (Å²) in [4.78, 5) is 4.31. The number of aryl methyl sites for hydroxylation is 1. The lowest BCUT2D eigenvalue weighted by atomic mass is 10.2. The molecule has 0 atom stereocenters. The van der Waals surface area contributed by atoms with Gasteiger partial charge in [-0.25, -0.2) is 4.98 Å². The molecule has 0 radical (unpaired) electrons. The Kier molecular flexibility index (Phi) is 4.18. The van der Waals surface area contributed by atoms with Crippen LogP contribution in [0.2, 0.25) is 0 Å². The molecule has 0 saturated heterocycles. The minimum Gasteiger partial charge on any atom is -0.439 e. The number of benzene rings is 1. The molecule has 17 heavy (non-hydrogen) atoms. The first-order valence-corrected chi connectivity index (χ1v) is 7.05. The molecule has 1 aromatic carbocycles. The van der Waals surface area contributed by atoms with Crippen LogP contribution in [0.15, 0.2) is 41.0 Å². The monoisotopic (exact) mass is 355 g/mol. The van der Waals surface area contributed by atoms with Gasteiger partial charge in [0.25, 0.3) is 0 Å². The molecule has 2 rings (SSSR count). The van der Waals surface area contributed by atoms with Crippen LogP contribution in [0.1, 0.15) is 11.1 Å². The third kappa shape index (κ3) is 3.30. The highest BCUT2D eigenvalue weighted by atomic mass is 79.9. The van der Waals surface area contributed by atoms with Gasteiger partial charge in [-0.3, -0.25) is 0 Å². The largest absolute Gasteiger partial charge is 0.439 e. The lowest BCUT2D eigenvalue weighted by Gasteiger charge is -2.08. The van der Waals surface area contributed by atoms with E-state index in [4.69, 9.17) is 4.74 Å². The number of alkyl halides is 1. The molecule has 0 spiro atoms. The van der Waals surface area contributed by atoms with Gasteiger partial charge in [-0.05, 0) is 36.8 Å². The van der Waals surface area contributed by atoms with Gasteiger partial charge >= 0.3 is 0 Å². The van der Waals surface area contributed by atoms with Gasteiger partial charge in [0.15, 0.2) is 0 Å². The van der Waals surface area contributed by atoms with E-state index < -0.39 is 0 Å². The lowest BCUT2D eigenvalue weighted by Crippen LogP contribution is -1.92. The van der Waals surface area contributed by atoms with Crippen molar-refractivity contribution in [3.63, 3.8) is 0 Å². The van der Waals surface area contributed by atoms with Gasteiger partial charge in [0, 0.05) is 21.6 Å². The molecule has 0 saturated carbocycles. The third-order valence-corrected chi connectivity index (χ3v) is 3.39. The number of halogens is 2. The molecule has 0 unspecified atom stereocenters. The predicted molar refractivity (Wildman–Crippen MR) is 75.8 cm³/mol. The summed E-state index contributed by atoms with van der Waals surface area (Å²) in [5, 5.41) is 0.804. The molecule has 2 nitrogen and oxygen atoms in total. The van der Waals surface area contributed by atoms with Crippen LogP contribution >= 0.6 is 31.9 Å². The fraction of sp³-hybridized carbons (Fsp3) is 0.154. The summed E-state index contributed by atoms with van der Waals surface area (Å²) in [7, 11) is 0. The quantitative estimate of drug-likeness (QED) is 0.734. The number of hydrogen-bond acceptors (Lipinski definition) is 2. The molecule has 4 heteroatoms. The van der Waals surface area contributed by atoms with Crippen molar-refractivity contribution < 1.29 is 4.74 Å². The molecular formula is C13H11Br2NO. The number of nitrogens with zero attached hydrogens (tertiary/aromatic N) is 1. The second-order valence-corrected chi connectivity index (χ2v) is 5.14. The molecule has 0 fully saturated rings. The molecule has 0 bridgehead atoms. The molecule has 0 N–H and O–H groups in total. The number of ether oxygens (including phenoxy) is 1. The van der Waals surface area contributed by atoms with Crippen LogP contribution in [0.25, 0.3) is 0 Å². The predicted octanol–water partition coefficient (Wildman–Crippen LogP) is 4.84.